The monoisotopic (exact) mass is 424 g/mol. The maximum absolute atomic E-state index is 12.9. The highest BCUT2D eigenvalue weighted by atomic mass is 79.9. The minimum atomic E-state index is -0.0640. The Kier molecular flexibility index (Phi) is 5.64. The molecule has 1 heterocycles. The summed E-state index contributed by atoms with van der Waals surface area (Å²) in [5.41, 5.74) is 1.25. The first-order chi connectivity index (χ1) is 12.0. The topological polar surface area (TPSA) is 50.8 Å². The van der Waals surface area contributed by atoms with E-state index in [0.29, 0.717) is 22.3 Å². The van der Waals surface area contributed by atoms with Crippen LogP contribution in [0.2, 0.25) is 0 Å². The standard InChI is InChI=1S/C18H21BrN2O3S/c1-23-15-10-16(24-2)13(19)8-11(15)9-14-17(22)21(18(25)20-14)12-6-4-3-5-7-12/h8-10,12H,3-7H2,1-2H3,(H,20,25)/b14-9-. The predicted molar refractivity (Wildman–Crippen MR) is 105 cm³/mol. The van der Waals surface area contributed by atoms with Crippen LogP contribution in [0.1, 0.15) is 37.7 Å². The Balaban J connectivity index is 1.90. The molecule has 25 heavy (non-hydrogen) atoms. The fourth-order valence-electron chi connectivity index (χ4n) is 3.37. The number of nitrogens with one attached hydrogen (secondary N) is 1. The lowest BCUT2D eigenvalue weighted by atomic mass is 9.94. The van der Waals surface area contributed by atoms with Gasteiger partial charge in [0.1, 0.15) is 17.2 Å². The van der Waals surface area contributed by atoms with Crippen molar-refractivity contribution in [2.24, 2.45) is 0 Å². The zero-order chi connectivity index (χ0) is 18.0. The summed E-state index contributed by atoms with van der Waals surface area (Å²) in [5.74, 6) is 1.24. The highest BCUT2D eigenvalue weighted by Crippen LogP contribution is 2.34. The van der Waals surface area contributed by atoms with E-state index in [1.165, 1.54) is 6.42 Å². The van der Waals surface area contributed by atoms with Crippen molar-refractivity contribution in [3.8, 4) is 11.5 Å². The van der Waals surface area contributed by atoms with Crippen molar-refractivity contribution in [3.63, 3.8) is 0 Å². The highest BCUT2D eigenvalue weighted by Gasteiger charge is 2.36. The molecule has 1 aliphatic heterocycles. The van der Waals surface area contributed by atoms with E-state index in [-0.39, 0.29) is 11.9 Å². The molecule has 7 heteroatoms. The van der Waals surface area contributed by atoms with Gasteiger partial charge in [-0.15, -0.1) is 0 Å². The zero-order valence-corrected chi connectivity index (χ0v) is 16.7. The zero-order valence-electron chi connectivity index (χ0n) is 14.3. The molecule has 2 fully saturated rings. The number of thiocarbonyl (C=S) groups is 1. The third-order valence-electron chi connectivity index (χ3n) is 4.65. The van der Waals surface area contributed by atoms with Gasteiger partial charge in [0.25, 0.3) is 5.91 Å². The first kappa shape index (κ1) is 18.2. The average Bonchev–Trinajstić information content (AvgIpc) is 2.89. The van der Waals surface area contributed by atoms with E-state index in [2.05, 4.69) is 21.2 Å². The number of amides is 1. The van der Waals surface area contributed by atoms with Gasteiger partial charge in [0.05, 0.1) is 18.7 Å². The smallest absolute Gasteiger partial charge is 0.276 e. The van der Waals surface area contributed by atoms with Crippen LogP contribution in [0.4, 0.5) is 0 Å². The van der Waals surface area contributed by atoms with Crippen LogP contribution in [0.15, 0.2) is 22.3 Å². The van der Waals surface area contributed by atoms with Crippen LogP contribution in [0.25, 0.3) is 6.08 Å². The van der Waals surface area contributed by atoms with Gasteiger partial charge in [0.15, 0.2) is 5.11 Å². The predicted octanol–water partition coefficient (Wildman–Crippen LogP) is 3.86. The molecule has 1 saturated carbocycles. The Morgan fingerprint density at radius 3 is 2.52 bits per heavy atom. The van der Waals surface area contributed by atoms with Gasteiger partial charge in [-0.3, -0.25) is 9.69 Å². The third kappa shape index (κ3) is 3.67. The number of rotatable bonds is 4. The van der Waals surface area contributed by atoms with Crippen molar-refractivity contribution in [1.29, 1.82) is 0 Å². The molecule has 0 bridgehead atoms. The summed E-state index contributed by atoms with van der Waals surface area (Å²) in [5, 5.41) is 3.56. The number of hydrogen-bond donors (Lipinski definition) is 1. The van der Waals surface area contributed by atoms with Crippen LogP contribution in [0, 0.1) is 0 Å². The summed E-state index contributed by atoms with van der Waals surface area (Å²) in [7, 11) is 3.19. The Hall–Kier alpha value is -1.60. The van der Waals surface area contributed by atoms with Gasteiger partial charge in [0, 0.05) is 17.7 Å². The minimum Gasteiger partial charge on any atom is -0.496 e. The van der Waals surface area contributed by atoms with E-state index in [1.807, 2.05) is 6.07 Å². The second-order valence-corrected chi connectivity index (χ2v) is 7.42. The fourth-order valence-corrected chi connectivity index (χ4v) is 4.24. The Morgan fingerprint density at radius 2 is 1.88 bits per heavy atom. The van der Waals surface area contributed by atoms with E-state index in [1.54, 1.807) is 31.3 Å². The average molecular weight is 425 g/mol. The molecule has 1 aromatic rings. The Bertz CT molecular complexity index is 729. The van der Waals surface area contributed by atoms with Crippen LogP contribution in [-0.4, -0.2) is 36.2 Å². The van der Waals surface area contributed by atoms with Crippen LogP contribution >= 0.6 is 28.1 Å². The molecule has 1 N–H and O–H groups in total. The molecule has 1 amide bonds. The normalized spacial score (nSPS) is 20.1. The number of carbonyl (C=O) groups excluding carboxylic acids is 1. The van der Waals surface area contributed by atoms with Gasteiger partial charge < -0.3 is 14.8 Å². The molecule has 2 aliphatic rings. The number of methoxy groups -OCH3 is 2. The lowest BCUT2D eigenvalue weighted by Gasteiger charge is -2.29. The van der Waals surface area contributed by atoms with Crippen molar-refractivity contribution in [2.45, 2.75) is 38.1 Å². The van der Waals surface area contributed by atoms with E-state index in [0.717, 1.165) is 35.7 Å². The van der Waals surface area contributed by atoms with Crippen molar-refractivity contribution in [3.05, 3.63) is 27.9 Å². The Labute approximate surface area is 161 Å². The molecule has 0 radical (unpaired) electrons. The molecule has 134 valence electrons. The summed E-state index contributed by atoms with van der Waals surface area (Å²) in [4.78, 5) is 14.6. The summed E-state index contributed by atoms with van der Waals surface area (Å²) < 4.78 is 11.5. The first-order valence-corrected chi connectivity index (χ1v) is 9.53. The summed E-state index contributed by atoms with van der Waals surface area (Å²) >= 11 is 8.88. The number of carbonyl (C=O) groups is 1. The maximum Gasteiger partial charge on any atom is 0.276 e. The van der Waals surface area contributed by atoms with Gasteiger partial charge in [-0.25, -0.2) is 0 Å². The SMILES string of the molecule is COc1cc(OC)c(/C=C2\NC(=S)N(C3CCCCC3)C2=O)cc1Br. The Morgan fingerprint density at radius 1 is 1.20 bits per heavy atom. The minimum absolute atomic E-state index is 0.0640. The van der Waals surface area contributed by atoms with E-state index in [9.17, 15) is 4.79 Å². The number of benzene rings is 1. The van der Waals surface area contributed by atoms with Crippen LogP contribution in [0.5, 0.6) is 11.5 Å². The van der Waals surface area contributed by atoms with Crippen LogP contribution in [-0.2, 0) is 4.79 Å². The van der Waals surface area contributed by atoms with Crippen molar-refractivity contribution >= 4 is 45.2 Å². The molecule has 0 atom stereocenters. The number of ether oxygens (including phenoxy) is 2. The molecule has 0 spiro atoms. The van der Waals surface area contributed by atoms with Gasteiger partial charge in [-0.05, 0) is 53.1 Å². The van der Waals surface area contributed by atoms with E-state index >= 15 is 0 Å². The first-order valence-electron chi connectivity index (χ1n) is 8.33. The fraction of sp³-hybridized carbons (Fsp3) is 0.444. The number of nitrogens with zero attached hydrogens (tertiary/aromatic N) is 1. The quantitative estimate of drug-likeness (QED) is 0.587. The largest absolute Gasteiger partial charge is 0.496 e. The lowest BCUT2D eigenvalue weighted by molar-refractivity contribution is -0.124. The van der Waals surface area contributed by atoms with Gasteiger partial charge in [0.2, 0.25) is 0 Å². The molecule has 0 aromatic heterocycles. The molecule has 1 aliphatic carbocycles. The van der Waals surface area contributed by atoms with Gasteiger partial charge in [-0.1, -0.05) is 19.3 Å². The molecular formula is C18H21BrN2O3S. The molecule has 1 aromatic carbocycles. The summed E-state index contributed by atoms with van der Waals surface area (Å²) in [6, 6.07) is 3.86. The lowest BCUT2D eigenvalue weighted by Crippen LogP contribution is -2.41. The van der Waals surface area contributed by atoms with Crippen molar-refractivity contribution in [2.75, 3.05) is 14.2 Å². The van der Waals surface area contributed by atoms with Crippen molar-refractivity contribution < 1.29 is 14.3 Å². The van der Waals surface area contributed by atoms with Gasteiger partial charge in [-0.2, -0.15) is 0 Å². The van der Waals surface area contributed by atoms with E-state index in [4.69, 9.17) is 21.7 Å². The van der Waals surface area contributed by atoms with E-state index < -0.39 is 0 Å². The molecular weight excluding hydrogens is 404 g/mol. The van der Waals surface area contributed by atoms with Crippen molar-refractivity contribution in [1.82, 2.24) is 10.2 Å². The number of hydrogen-bond acceptors (Lipinski definition) is 4. The second kappa shape index (κ2) is 7.74. The summed E-state index contributed by atoms with van der Waals surface area (Å²) in [6.45, 7) is 0. The third-order valence-corrected chi connectivity index (χ3v) is 5.57. The molecule has 5 nitrogen and oxygen atoms in total. The molecule has 0 unspecified atom stereocenters. The maximum atomic E-state index is 12.9. The summed E-state index contributed by atoms with van der Waals surface area (Å²) in [6.07, 6.45) is 7.33. The highest BCUT2D eigenvalue weighted by molar-refractivity contribution is 9.10. The van der Waals surface area contributed by atoms with Gasteiger partial charge >= 0.3 is 0 Å². The van der Waals surface area contributed by atoms with Crippen LogP contribution in [0.3, 0.4) is 0 Å². The second-order valence-electron chi connectivity index (χ2n) is 6.18. The molecule has 3 rings (SSSR count). The van der Waals surface area contributed by atoms with Crippen LogP contribution < -0.4 is 14.8 Å². The number of halogens is 1. The molecule has 1 saturated heterocycles.